The van der Waals surface area contributed by atoms with Crippen molar-refractivity contribution in [1.29, 1.82) is 0 Å². The summed E-state index contributed by atoms with van der Waals surface area (Å²) in [5.74, 6) is 0.0973. The van der Waals surface area contributed by atoms with E-state index in [1.807, 2.05) is 60.7 Å². The Morgan fingerprint density at radius 2 is 0.895 bits per heavy atom. The maximum absolute atomic E-state index is 14.5. The van der Waals surface area contributed by atoms with Gasteiger partial charge in [0.1, 0.15) is 11.5 Å². The second kappa shape index (κ2) is 7.11. The molecule has 0 spiro atoms. The van der Waals surface area contributed by atoms with Crippen LogP contribution in [0.15, 0.2) is 107 Å². The van der Waals surface area contributed by atoms with Gasteiger partial charge in [0, 0.05) is 21.5 Å². The van der Waals surface area contributed by atoms with Crippen LogP contribution in [0.25, 0.3) is 65.9 Å². The van der Waals surface area contributed by atoms with Gasteiger partial charge in [-0.05, 0) is 47.5 Å². The van der Waals surface area contributed by atoms with Crippen molar-refractivity contribution in [2.45, 2.75) is 0 Å². The number of nitrogens with zero attached hydrogens (tertiary/aromatic N) is 2. The topological polar surface area (TPSA) is 83.4 Å². The summed E-state index contributed by atoms with van der Waals surface area (Å²) in [4.78, 5) is 29.0. The average molecular weight is 495 g/mol. The highest BCUT2D eigenvalue weighted by molar-refractivity contribution is 6.28. The van der Waals surface area contributed by atoms with E-state index < -0.39 is 0 Å². The van der Waals surface area contributed by atoms with Gasteiger partial charge >= 0.3 is 0 Å². The Hall–Kier alpha value is -5.36. The average Bonchev–Trinajstić information content (AvgIpc) is 3.43. The summed E-state index contributed by atoms with van der Waals surface area (Å²) in [6.07, 6.45) is 0. The first kappa shape index (κ1) is 20.8. The molecule has 0 aliphatic heterocycles. The Morgan fingerprint density at radius 1 is 0.500 bits per heavy atom. The number of benzene rings is 4. The van der Waals surface area contributed by atoms with Gasteiger partial charge in [-0.25, -0.2) is 0 Å². The molecule has 0 unspecified atom stereocenters. The van der Waals surface area contributed by atoms with Gasteiger partial charge in [-0.1, -0.05) is 60.7 Å². The van der Waals surface area contributed by atoms with Crippen LogP contribution in [0.5, 0.6) is 11.5 Å². The molecule has 180 valence electrons. The lowest BCUT2D eigenvalue weighted by Gasteiger charge is -2.11. The first-order valence-electron chi connectivity index (χ1n) is 12.2. The zero-order valence-electron chi connectivity index (χ0n) is 19.8. The minimum absolute atomic E-state index is 0.0486. The maximum Gasteiger partial charge on any atom is 0.264 e. The first-order valence-corrected chi connectivity index (χ1v) is 12.2. The summed E-state index contributed by atoms with van der Waals surface area (Å²) < 4.78 is 3.33. The quantitative estimate of drug-likeness (QED) is 0.309. The Labute approximate surface area is 214 Å². The van der Waals surface area contributed by atoms with E-state index in [2.05, 4.69) is 0 Å². The largest absolute Gasteiger partial charge is 0.508 e. The van der Waals surface area contributed by atoms with E-state index in [0.29, 0.717) is 65.9 Å². The Bertz CT molecular complexity index is 2170. The predicted octanol–water partition coefficient (Wildman–Crippen LogP) is 5.99. The summed E-state index contributed by atoms with van der Waals surface area (Å²) >= 11 is 0. The number of hydrogen-bond acceptors (Lipinski definition) is 4. The summed E-state index contributed by atoms with van der Waals surface area (Å²) in [6, 6.07) is 28.6. The normalized spacial score (nSPS) is 12.1. The molecule has 8 rings (SSSR count). The van der Waals surface area contributed by atoms with E-state index in [9.17, 15) is 19.8 Å². The molecule has 0 atom stereocenters. The van der Waals surface area contributed by atoms with Crippen LogP contribution in [0.1, 0.15) is 0 Å². The van der Waals surface area contributed by atoms with Crippen LogP contribution >= 0.6 is 0 Å². The van der Waals surface area contributed by atoms with E-state index in [1.54, 1.807) is 45.2 Å². The van der Waals surface area contributed by atoms with E-state index in [4.69, 9.17) is 0 Å². The lowest BCUT2D eigenvalue weighted by atomic mass is 9.97. The fraction of sp³-hybridized carbons (Fsp3) is 0. The second-order valence-corrected chi connectivity index (χ2v) is 9.61. The molecule has 0 saturated carbocycles. The molecule has 0 amide bonds. The predicted molar refractivity (Wildman–Crippen MR) is 150 cm³/mol. The molecule has 2 N–H and O–H groups in total. The lowest BCUT2D eigenvalue weighted by Crippen LogP contribution is -2.20. The molecule has 4 aromatic heterocycles. The number of rotatable bonds is 2. The van der Waals surface area contributed by atoms with E-state index >= 15 is 0 Å². The van der Waals surface area contributed by atoms with Crippen molar-refractivity contribution in [2.75, 3.05) is 0 Å². The number of fused-ring (bicyclic) bond motifs is 6. The standard InChI is InChI=1S/C32H18N2O4/c35-19-11-13-23-21(15-19)27-25(17-7-3-1-4-8-17)31(37)33-24-14-12-20(36)16-22(24)28-26(18-9-5-2-6-10-18)32(38)34(23)29(27)30(28)33/h1-16,35-36H. The molecule has 0 aliphatic carbocycles. The van der Waals surface area contributed by atoms with Gasteiger partial charge in [0.05, 0.1) is 33.2 Å². The molecule has 38 heavy (non-hydrogen) atoms. The van der Waals surface area contributed by atoms with Crippen LogP contribution in [0, 0.1) is 0 Å². The highest BCUT2D eigenvalue weighted by Gasteiger charge is 2.29. The third kappa shape index (κ3) is 2.46. The van der Waals surface area contributed by atoms with Crippen molar-refractivity contribution in [1.82, 2.24) is 8.80 Å². The number of phenolic OH excluding ortho intramolecular Hbond substituents is 2. The molecule has 0 fully saturated rings. The van der Waals surface area contributed by atoms with Crippen LogP contribution < -0.4 is 11.1 Å². The number of hydrogen-bond donors (Lipinski definition) is 2. The summed E-state index contributed by atoms with van der Waals surface area (Å²) in [5.41, 5.74) is 4.32. The zero-order valence-corrected chi connectivity index (χ0v) is 19.8. The van der Waals surface area contributed by atoms with Gasteiger partial charge in [0.15, 0.2) is 0 Å². The van der Waals surface area contributed by atoms with Crippen molar-refractivity contribution >= 4 is 43.6 Å². The molecule has 0 radical (unpaired) electrons. The molecule has 4 heterocycles. The minimum atomic E-state index is -0.232. The van der Waals surface area contributed by atoms with Gasteiger partial charge in [0.2, 0.25) is 0 Å². The van der Waals surface area contributed by atoms with Crippen molar-refractivity contribution < 1.29 is 10.2 Å². The van der Waals surface area contributed by atoms with Gasteiger partial charge in [0.25, 0.3) is 11.1 Å². The minimum Gasteiger partial charge on any atom is -0.508 e. The van der Waals surface area contributed by atoms with Gasteiger partial charge in [-0.2, -0.15) is 0 Å². The lowest BCUT2D eigenvalue weighted by molar-refractivity contribution is 0.475. The highest BCUT2D eigenvalue weighted by Crippen LogP contribution is 2.44. The van der Waals surface area contributed by atoms with Crippen molar-refractivity contribution in [3.8, 4) is 33.8 Å². The molecule has 0 aliphatic rings. The maximum atomic E-state index is 14.5. The highest BCUT2D eigenvalue weighted by atomic mass is 16.3. The molecule has 0 saturated heterocycles. The Morgan fingerprint density at radius 3 is 1.29 bits per heavy atom. The number of aromatic hydroxyl groups is 2. The summed E-state index contributed by atoms with van der Waals surface area (Å²) in [6.45, 7) is 0. The zero-order chi connectivity index (χ0) is 25.7. The smallest absolute Gasteiger partial charge is 0.264 e. The van der Waals surface area contributed by atoms with Gasteiger partial charge in [-0.3, -0.25) is 18.4 Å². The molecule has 6 heteroatoms. The van der Waals surface area contributed by atoms with Gasteiger partial charge in [-0.15, -0.1) is 0 Å². The molecule has 8 aromatic rings. The van der Waals surface area contributed by atoms with Crippen LogP contribution in [0.3, 0.4) is 0 Å². The van der Waals surface area contributed by atoms with Crippen LogP contribution in [-0.2, 0) is 0 Å². The third-order valence-corrected chi connectivity index (χ3v) is 7.58. The van der Waals surface area contributed by atoms with E-state index in [0.717, 1.165) is 0 Å². The van der Waals surface area contributed by atoms with Crippen LogP contribution in [0.4, 0.5) is 0 Å². The Kier molecular flexibility index (Phi) is 3.89. The molecular weight excluding hydrogens is 476 g/mol. The SMILES string of the molecule is O=c1c(-c2ccccc2)c2c3cc(O)ccc3n3c(=O)c(-c4ccccc4)c4c5cc(O)ccc5n1c4c23. The number of pyridine rings is 2. The van der Waals surface area contributed by atoms with Gasteiger partial charge < -0.3 is 10.2 Å². The summed E-state index contributed by atoms with van der Waals surface area (Å²) in [5, 5.41) is 23.4. The van der Waals surface area contributed by atoms with Crippen LogP contribution in [-0.4, -0.2) is 19.0 Å². The Balaban J connectivity index is 1.81. The monoisotopic (exact) mass is 494 g/mol. The molecule has 4 aromatic carbocycles. The van der Waals surface area contributed by atoms with Crippen molar-refractivity contribution in [2.24, 2.45) is 0 Å². The third-order valence-electron chi connectivity index (χ3n) is 7.58. The van der Waals surface area contributed by atoms with Crippen molar-refractivity contribution in [3.63, 3.8) is 0 Å². The molecule has 0 bridgehead atoms. The van der Waals surface area contributed by atoms with Crippen LogP contribution in [0.2, 0.25) is 0 Å². The number of phenols is 2. The second-order valence-electron chi connectivity index (χ2n) is 9.61. The fourth-order valence-corrected chi connectivity index (χ4v) is 6.12. The fourth-order valence-electron chi connectivity index (χ4n) is 6.12. The molecular formula is C32H18N2O4. The van der Waals surface area contributed by atoms with E-state index in [-0.39, 0.29) is 22.6 Å². The molecule has 6 nitrogen and oxygen atoms in total. The first-order chi connectivity index (χ1) is 18.5. The van der Waals surface area contributed by atoms with E-state index in [1.165, 1.54) is 0 Å². The summed E-state index contributed by atoms with van der Waals surface area (Å²) in [7, 11) is 0. The number of aromatic nitrogens is 2. The van der Waals surface area contributed by atoms with Crippen molar-refractivity contribution in [3.05, 3.63) is 118 Å².